The number of ether oxygens (including phenoxy) is 3. The fourth-order valence-corrected chi connectivity index (χ4v) is 2.98. The molecular weight excluding hydrogens is 316 g/mol. The molecule has 1 fully saturated rings. The standard InChI is InChI=1S/C21H24O4/c22-21(25-18-10-5-2-6-11-18)14-19-12-7-13-20(24-19)16-23-15-17-8-3-1-4-9-17/h1-6,8-11,19-20H,7,12-16H2/t19-,20-/m0/s1. The van der Waals surface area contributed by atoms with Gasteiger partial charge < -0.3 is 14.2 Å². The molecule has 132 valence electrons. The number of benzene rings is 2. The van der Waals surface area contributed by atoms with Crippen LogP contribution in [0.2, 0.25) is 0 Å². The van der Waals surface area contributed by atoms with Gasteiger partial charge in [0.2, 0.25) is 0 Å². The monoisotopic (exact) mass is 340 g/mol. The Labute approximate surface area is 148 Å². The zero-order valence-electron chi connectivity index (χ0n) is 14.3. The van der Waals surface area contributed by atoms with Gasteiger partial charge >= 0.3 is 5.97 Å². The minimum absolute atomic E-state index is 0.0481. The van der Waals surface area contributed by atoms with Crippen LogP contribution in [0, 0.1) is 0 Å². The Morgan fingerprint density at radius 1 is 0.960 bits per heavy atom. The fraction of sp³-hybridized carbons (Fsp3) is 0.381. The van der Waals surface area contributed by atoms with Crippen molar-refractivity contribution in [2.75, 3.05) is 6.61 Å². The zero-order valence-corrected chi connectivity index (χ0v) is 14.3. The van der Waals surface area contributed by atoms with Gasteiger partial charge in [-0.05, 0) is 37.0 Å². The fourth-order valence-electron chi connectivity index (χ4n) is 2.98. The summed E-state index contributed by atoms with van der Waals surface area (Å²) in [5.41, 5.74) is 1.15. The molecule has 1 aliphatic heterocycles. The van der Waals surface area contributed by atoms with Crippen molar-refractivity contribution in [3.8, 4) is 5.75 Å². The van der Waals surface area contributed by atoms with Crippen molar-refractivity contribution in [1.29, 1.82) is 0 Å². The second-order valence-corrected chi connectivity index (χ2v) is 6.30. The van der Waals surface area contributed by atoms with Crippen LogP contribution in [0.5, 0.6) is 5.75 Å². The van der Waals surface area contributed by atoms with Gasteiger partial charge in [-0.2, -0.15) is 0 Å². The summed E-state index contributed by atoms with van der Waals surface area (Å²) in [6.45, 7) is 1.14. The van der Waals surface area contributed by atoms with E-state index in [4.69, 9.17) is 14.2 Å². The van der Waals surface area contributed by atoms with Crippen molar-refractivity contribution in [2.24, 2.45) is 0 Å². The van der Waals surface area contributed by atoms with E-state index in [1.807, 2.05) is 48.5 Å². The van der Waals surface area contributed by atoms with Crippen molar-refractivity contribution in [3.05, 3.63) is 66.2 Å². The van der Waals surface area contributed by atoms with E-state index in [9.17, 15) is 4.79 Å². The molecule has 0 bridgehead atoms. The molecule has 0 spiro atoms. The number of hydrogen-bond donors (Lipinski definition) is 0. The van der Waals surface area contributed by atoms with Crippen molar-refractivity contribution < 1.29 is 19.0 Å². The molecule has 0 aliphatic carbocycles. The smallest absolute Gasteiger partial charge is 0.313 e. The maximum atomic E-state index is 12.1. The summed E-state index contributed by atoms with van der Waals surface area (Å²) >= 11 is 0. The van der Waals surface area contributed by atoms with Gasteiger partial charge in [-0.15, -0.1) is 0 Å². The van der Waals surface area contributed by atoms with Gasteiger partial charge in [0.05, 0.1) is 31.8 Å². The first kappa shape index (κ1) is 17.6. The zero-order chi connectivity index (χ0) is 17.3. The summed E-state index contributed by atoms with van der Waals surface area (Å²) in [7, 11) is 0. The van der Waals surface area contributed by atoms with Crippen molar-refractivity contribution in [2.45, 2.75) is 44.5 Å². The van der Waals surface area contributed by atoms with E-state index in [1.165, 1.54) is 0 Å². The van der Waals surface area contributed by atoms with Crippen LogP contribution in [0.1, 0.15) is 31.2 Å². The third-order valence-electron chi connectivity index (χ3n) is 4.22. The molecule has 1 heterocycles. The van der Waals surface area contributed by atoms with Crippen molar-refractivity contribution in [1.82, 2.24) is 0 Å². The van der Waals surface area contributed by atoms with Crippen LogP contribution >= 0.6 is 0 Å². The highest BCUT2D eigenvalue weighted by Crippen LogP contribution is 2.22. The molecular formula is C21H24O4. The molecule has 2 aromatic carbocycles. The maximum absolute atomic E-state index is 12.1. The van der Waals surface area contributed by atoms with Crippen LogP contribution in [-0.2, 0) is 20.9 Å². The van der Waals surface area contributed by atoms with Crippen LogP contribution < -0.4 is 4.74 Å². The normalized spacial score (nSPS) is 20.2. The molecule has 0 aromatic heterocycles. The second-order valence-electron chi connectivity index (χ2n) is 6.30. The molecule has 0 N–H and O–H groups in total. The Hall–Kier alpha value is -2.17. The third-order valence-corrected chi connectivity index (χ3v) is 4.22. The quantitative estimate of drug-likeness (QED) is 0.561. The molecule has 4 nitrogen and oxygen atoms in total. The van der Waals surface area contributed by atoms with Crippen LogP contribution in [0.25, 0.3) is 0 Å². The summed E-state index contributed by atoms with van der Waals surface area (Å²) in [5, 5.41) is 0. The summed E-state index contributed by atoms with van der Waals surface area (Å²) in [6.07, 6.45) is 3.15. The van der Waals surface area contributed by atoms with Crippen molar-refractivity contribution >= 4 is 5.97 Å². The molecule has 3 rings (SSSR count). The molecule has 2 atom stereocenters. The Bertz CT molecular complexity index is 641. The van der Waals surface area contributed by atoms with Gasteiger partial charge in [-0.25, -0.2) is 0 Å². The topological polar surface area (TPSA) is 44.8 Å². The van der Waals surface area contributed by atoms with E-state index >= 15 is 0 Å². The van der Waals surface area contributed by atoms with Crippen LogP contribution in [-0.4, -0.2) is 24.8 Å². The van der Waals surface area contributed by atoms with Crippen molar-refractivity contribution in [3.63, 3.8) is 0 Å². The average molecular weight is 340 g/mol. The van der Waals surface area contributed by atoms with E-state index in [0.717, 1.165) is 24.8 Å². The molecule has 0 unspecified atom stereocenters. The molecule has 0 radical (unpaired) electrons. The van der Waals surface area contributed by atoms with Gasteiger partial charge in [-0.1, -0.05) is 48.5 Å². The molecule has 2 aromatic rings. The summed E-state index contributed by atoms with van der Waals surface area (Å²) < 4.78 is 17.1. The first-order chi connectivity index (χ1) is 12.3. The Morgan fingerprint density at radius 3 is 2.40 bits per heavy atom. The molecule has 0 amide bonds. The minimum atomic E-state index is -0.248. The number of esters is 1. The van der Waals surface area contributed by atoms with E-state index in [-0.39, 0.29) is 24.6 Å². The number of carbonyl (C=O) groups is 1. The molecule has 1 saturated heterocycles. The van der Waals surface area contributed by atoms with Gasteiger partial charge in [0.15, 0.2) is 0 Å². The maximum Gasteiger partial charge on any atom is 0.313 e. The predicted molar refractivity (Wildman–Crippen MR) is 95.3 cm³/mol. The van der Waals surface area contributed by atoms with E-state index in [1.54, 1.807) is 12.1 Å². The highest BCUT2D eigenvalue weighted by atomic mass is 16.6. The van der Waals surface area contributed by atoms with Crippen LogP contribution in [0.4, 0.5) is 0 Å². The third kappa shape index (κ3) is 6.00. The van der Waals surface area contributed by atoms with Crippen LogP contribution in [0.3, 0.4) is 0 Å². The molecule has 1 aliphatic rings. The van der Waals surface area contributed by atoms with E-state index in [0.29, 0.717) is 19.0 Å². The average Bonchev–Trinajstić information content (AvgIpc) is 2.64. The summed E-state index contributed by atoms with van der Waals surface area (Å²) in [6, 6.07) is 19.2. The van der Waals surface area contributed by atoms with Gasteiger partial charge in [0, 0.05) is 0 Å². The largest absolute Gasteiger partial charge is 0.426 e. The predicted octanol–water partition coefficient (Wildman–Crippen LogP) is 4.14. The van der Waals surface area contributed by atoms with E-state index in [2.05, 4.69) is 0 Å². The van der Waals surface area contributed by atoms with Gasteiger partial charge in [0.1, 0.15) is 5.75 Å². The second kappa shape index (κ2) is 9.35. The Balaban J connectivity index is 1.39. The Kier molecular flexibility index (Phi) is 6.60. The lowest BCUT2D eigenvalue weighted by molar-refractivity contribution is -0.142. The minimum Gasteiger partial charge on any atom is -0.426 e. The highest BCUT2D eigenvalue weighted by Gasteiger charge is 2.25. The summed E-state index contributed by atoms with van der Waals surface area (Å²) in [5.74, 6) is 0.327. The SMILES string of the molecule is O=C(C[C@@H]1CCC[C@@H](COCc2ccccc2)O1)Oc1ccccc1. The lowest BCUT2D eigenvalue weighted by Crippen LogP contribution is -2.33. The lowest BCUT2D eigenvalue weighted by atomic mass is 10.0. The van der Waals surface area contributed by atoms with Crippen LogP contribution in [0.15, 0.2) is 60.7 Å². The summed E-state index contributed by atoms with van der Waals surface area (Å²) in [4.78, 5) is 12.1. The molecule has 25 heavy (non-hydrogen) atoms. The number of para-hydroxylation sites is 1. The highest BCUT2D eigenvalue weighted by molar-refractivity contribution is 5.72. The van der Waals surface area contributed by atoms with Gasteiger partial charge in [-0.3, -0.25) is 4.79 Å². The first-order valence-electron chi connectivity index (χ1n) is 8.82. The lowest BCUT2D eigenvalue weighted by Gasteiger charge is -2.29. The molecule has 0 saturated carbocycles. The number of carbonyl (C=O) groups excluding carboxylic acids is 1. The van der Waals surface area contributed by atoms with E-state index < -0.39 is 0 Å². The molecule has 4 heteroatoms. The number of hydrogen-bond acceptors (Lipinski definition) is 4. The van der Waals surface area contributed by atoms with Gasteiger partial charge in [0.25, 0.3) is 0 Å². The number of rotatable bonds is 7. The first-order valence-corrected chi connectivity index (χ1v) is 8.82. The Morgan fingerprint density at radius 2 is 1.64 bits per heavy atom.